The van der Waals surface area contributed by atoms with Crippen molar-refractivity contribution in [3.63, 3.8) is 0 Å². The first kappa shape index (κ1) is 24.5. The van der Waals surface area contributed by atoms with Crippen molar-refractivity contribution in [3.05, 3.63) is 84.4 Å². The predicted molar refractivity (Wildman–Crippen MR) is 137 cm³/mol. The third-order valence-corrected chi connectivity index (χ3v) is 4.99. The van der Waals surface area contributed by atoms with Gasteiger partial charge in [-0.1, -0.05) is 49.4 Å². The van der Waals surface area contributed by atoms with Crippen LogP contribution in [0.4, 0.5) is 22.7 Å². The van der Waals surface area contributed by atoms with Crippen molar-refractivity contribution in [3.8, 4) is 0 Å². The van der Waals surface area contributed by atoms with Gasteiger partial charge in [0, 0.05) is 35.6 Å². The van der Waals surface area contributed by atoms with Crippen LogP contribution in [0.1, 0.15) is 31.7 Å². The summed E-state index contributed by atoms with van der Waals surface area (Å²) < 4.78 is 0. The van der Waals surface area contributed by atoms with Crippen LogP contribution in [0.3, 0.4) is 0 Å². The molecule has 7 heteroatoms. The minimum atomic E-state index is -0.229. The van der Waals surface area contributed by atoms with Gasteiger partial charge in [0.05, 0.1) is 6.54 Å². The van der Waals surface area contributed by atoms with Gasteiger partial charge in [0.1, 0.15) is 0 Å². The molecule has 0 atom stereocenters. The van der Waals surface area contributed by atoms with E-state index in [-0.39, 0.29) is 24.3 Å². The molecule has 176 valence electrons. The van der Waals surface area contributed by atoms with E-state index in [1.54, 1.807) is 36.4 Å². The number of nitrogens with one attached hydrogen (secondary N) is 4. The maximum Gasteiger partial charge on any atom is 0.243 e. The second-order valence-corrected chi connectivity index (χ2v) is 7.90. The largest absolute Gasteiger partial charge is 0.376 e. The monoisotopic (exact) mass is 458 g/mol. The standard InChI is InChI=1S/C27H30N4O3/c1-2-8-25(32)29-22-12-6-11-21(17-22)28-19-27(34)31-24-14-7-13-23(18-24)30-26(33)16-15-20-9-4-3-5-10-20/h3-7,9-14,17-18,28H,2,8,15-16,19H2,1H3,(H,29,32)(H,30,33)(H,31,34). The van der Waals surface area contributed by atoms with Gasteiger partial charge in [0.25, 0.3) is 0 Å². The molecule has 3 aromatic rings. The molecule has 4 N–H and O–H groups in total. The maximum atomic E-state index is 12.4. The fourth-order valence-corrected chi connectivity index (χ4v) is 3.35. The highest BCUT2D eigenvalue weighted by Crippen LogP contribution is 2.17. The van der Waals surface area contributed by atoms with Crippen molar-refractivity contribution >= 4 is 40.5 Å². The topological polar surface area (TPSA) is 99.3 Å². The summed E-state index contributed by atoms with van der Waals surface area (Å²) in [4.78, 5) is 36.4. The van der Waals surface area contributed by atoms with E-state index in [4.69, 9.17) is 0 Å². The van der Waals surface area contributed by atoms with Crippen LogP contribution in [-0.4, -0.2) is 24.3 Å². The van der Waals surface area contributed by atoms with Gasteiger partial charge in [-0.2, -0.15) is 0 Å². The number of hydrogen-bond donors (Lipinski definition) is 4. The molecule has 0 saturated heterocycles. The van der Waals surface area contributed by atoms with Gasteiger partial charge >= 0.3 is 0 Å². The average molecular weight is 459 g/mol. The van der Waals surface area contributed by atoms with Crippen molar-refractivity contribution in [2.45, 2.75) is 32.6 Å². The van der Waals surface area contributed by atoms with E-state index in [0.717, 1.165) is 17.7 Å². The van der Waals surface area contributed by atoms with Crippen LogP contribution in [0, 0.1) is 0 Å². The Labute approximate surface area is 200 Å². The number of carbonyl (C=O) groups is 3. The maximum absolute atomic E-state index is 12.4. The van der Waals surface area contributed by atoms with Crippen LogP contribution in [0.25, 0.3) is 0 Å². The highest BCUT2D eigenvalue weighted by molar-refractivity contribution is 5.96. The van der Waals surface area contributed by atoms with Gasteiger partial charge in [-0.3, -0.25) is 14.4 Å². The molecule has 0 aliphatic heterocycles. The Balaban J connectivity index is 1.46. The first-order valence-electron chi connectivity index (χ1n) is 11.4. The number of hydrogen-bond acceptors (Lipinski definition) is 4. The van der Waals surface area contributed by atoms with Crippen molar-refractivity contribution in [2.75, 3.05) is 27.8 Å². The molecule has 7 nitrogen and oxygen atoms in total. The smallest absolute Gasteiger partial charge is 0.243 e. The highest BCUT2D eigenvalue weighted by Gasteiger charge is 2.07. The summed E-state index contributed by atoms with van der Waals surface area (Å²) in [7, 11) is 0. The number of aryl methyl sites for hydroxylation is 1. The van der Waals surface area contributed by atoms with Crippen molar-refractivity contribution in [2.24, 2.45) is 0 Å². The van der Waals surface area contributed by atoms with Crippen molar-refractivity contribution < 1.29 is 14.4 Å². The summed E-state index contributed by atoms with van der Waals surface area (Å²) in [5.74, 6) is -0.350. The molecule has 0 aliphatic rings. The highest BCUT2D eigenvalue weighted by atomic mass is 16.2. The van der Waals surface area contributed by atoms with Gasteiger partial charge in [0.15, 0.2) is 0 Å². The van der Waals surface area contributed by atoms with Crippen LogP contribution >= 0.6 is 0 Å². The lowest BCUT2D eigenvalue weighted by Crippen LogP contribution is -2.22. The first-order valence-corrected chi connectivity index (χ1v) is 11.4. The van der Waals surface area contributed by atoms with E-state index in [0.29, 0.717) is 36.3 Å². The Kier molecular flexibility index (Phi) is 9.22. The average Bonchev–Trinajstić information content (AvgIpc) is 2.83. The SMILES string of the molecule is CCCC(=O)Nc1cccc(NCC(=O)Nc2cccc(NC(=O)CCc3ccccc3)c2)c1. The van der Waals surface area contributed by atoms with E-state index >= 15 is 0 Å². The molecule has 0 radical (unpaired) electrons. The van der Waals surface area contributed by atoms with E-state index < -0.39 is 0 Å². The number of rotatable bonds is 11. The number of benzene rings is 3. The lowest BCUT2D eigenvalue weighted by atomic mass is 10.1. The zero-order valence-electron chi connectivity index (χ0n) is 19.3. The molecule has 0 bridgehead atoms. The fourth-order valence-electron chi connectivity index (χ4n) is 3.35. The molecule has 0 unspecified atom stereocenters. The van der Waals surface area contributed by atoms with Crippen molar-refractivity contribution in [1.82, 2.24) is 0 Å². The quantitative estimate of drug-likeness (QED) is 0.323. The molecule has 0 fully saturated rings. The molecule has 0 spiro atoms. The van der Waals surface area contributed by atoms with Gasteiger partial charge in [0.2, 0.25) is 17.7 Å². The second kappa shape index (κ2) is 12.8. The fraction of sp³-hybridized carbons (Fsp3) is 0.222. The summed E-state index contributed by atoms with van der Waals surface area (Å²) in [5, 5.41) is 11.6. The zero-order valence-corrected chi connectivity index (χ0v) is 19.3. The van der Waals surface area contributed by atoms with Crippen LogP contribution in [-0.2, 0) is 20.8 Å². The van der Waals surface area contributed by atoms with Gasteiger partial charge in [-0.25, -0.2) is 0 Å². The minimum Gasteiger partial charge on any atom is -0.376 e. The Morgan fingerprint density at radius 2 is 1.15 bits per heavy atom. The molecule has 34 heavy (non-hydrogen) atoms. The number of anilines is 4. The van der Waals surface area contributed by atoms with Gasteiger partial charge < -0.3 is 21.3 Å². The van der Waals surface area contributed by atoms with E-state index in [2.05, 4.69) is 21.3 Å². The molecule has 3 rings (SSSR count). The minimum absolute atomic E-state index is 0.0376. The van der Waals surface area contributed by atoms with E-state index in [9.17, 15) is 14.4 Å². The Bertz CT molecular complexity index is 1120. The van der Waals surface area contributed by atoms with E-state index in [1.807, 2.05) is 49.4 Å². The van der Waals surface area contributed by atoms with Crippen LogP contribution in [0.15, 0.2) is 78.9 Å². The van der Waals surface area contributed by atoms with Crippen LogP contribution in [0.2, 0.25) is 0 Å². The molecule has 3 amide bonds. The predicted octanol–water partition coefficient (Wildman–Crippen LogP) is 5.05. The molecule has 0 saturated carbocycles. The Hall–Kier alpha value is -4.13. The second-order valence-electron chi connectivity index (χ2n) is 7.90. The van der Waals surface area contributed by atoms with E-state index in [1.165, 1.54) is 0 Å². The third-order valence-electron chi connectivity index (χ3n) is 4.99. The Morgan fingerprint density at radius 1 is 0.618 bits per heavy atom. The molecule has 0 aromatic heterocycles. The van der Waals surface area contributed by atoms with Crippen LogP contribution < -0.4 is 21.3 Å². The number of amides is 3. The lowest BCUT2D eigenvalue weighted by Gasteiger charge is -2.11. The molecular formula is C27H30N4O3. The molecule has 3 aromatic carbocycles. The Morgan fingerprint density at radius 3 is 1.76 bits per heavy atom. The molecular weight excluding hydrogens is 428 g/mol. The summed E-state index contributed by atoms with van der Waals surface area (Å²) in [6, 6.07) is 24.1. The van der Waals surface area contributed by atoms with Gasteiger partial charge in [-0.05, 0) is 54.8 Å². The normalized spacial score (nSPS) is 10.3. The summed E-state index contributed by atoms with van der Waals surface area (Å²) in [6.07, 6.45) is 2.29. The summed E-state index contributed by atoms with van der Waals surface area (Å²) in [5.41, 5.74) is 3.73. The van der Waals surface area contributed by atoms with Crippen molar-refractivity contribution in [1.29, 1.82) is 0 Å². The lowest BCUT2D eigenvalue weighted by molar-refractivity contribution is -0.117. The van der Waals surface area contributed by atoms with Gasteiger partial charge in [-0.15, -0.1) is 0 Å². The number of carbonyl (C=O) groups excluding carboxylic acids is 3. The molecule has 0 heterocycles. The zero-order chi connectivity index (χ0) is 24.2. The summed E-state index contributed by atoms with van der Waals surface area (Å²) >= 11 is 0. The summed E-state index contributed by atoms with van der Waals surface area (Å²) in [6.45, 7) is 2.01. The van der Waals surface area contributed by atoms with Crippen LogP contribution in [0.5, 0.6) is 0 Å². The first-order chi connectivity index (χ1) is 16.5. The molecule has 0 aliphatic carbocycles. The third kappa shape index (κ3) is 8.43.